The Bertz CT molecular complexity index is 932. The molecule has 0 saturated carbocycles. The van der Waals surface area contributed by atoms with Crippen molar-refractivity contribution in [3.05, 3.63) is 34.0 Å². The van der Waals surface area contributed by atoms with Gasteiger partial charge in [-0.25, -0.2) is 9.59 Å². The van der Waals surface area contributed by atoms with Gasteiger partial charge in [-0.2, -0.15) is 5.10 Å². The lowest BCUT2D eigenvalue weighted by Gasteiger charge is -2.07. The number of carbonyl (C=O) groups excluding carboxylic acids is 3. The van der Waals surface area contributed by atoms with E-state index in [-0.39, 0.29) is 40.6 Å². The van der Waals surface area contributed by atoms with Gasteiger partial charge in [0.05, 0.1) is 44.0 Å². The molecule has 0 fully saturated rings. The Kier molecular flexibility index (Phi) is 7.48. The number of carboxylic acid groups (broad SMARTS) is 1. The third kappa shape index (κ3) is 5.41. The van der Waals surface area contributed by atoms with Crippen molar-refractivity contribution in [1.82, 2.24) is 9.78 Å². The third-order valence-corrected chi connectivity index (χ3v) is 5.02. The van der Waals surface area contributed by atoms with Gasteiger partial charge in [0.1, 0.15) is 9.88 Å². The summed E-state index contributed by atoms with van der Waals surface area (Å²) < 4.78 is 11.2. The van der Waals surface area contributed by atoms with Crippen LogP contribution in [0.3, 0.4) is 0 Å². The standard InChI is InChI=1S/C18H21N3O7S/c1-4-7-28-17(25)13-10(2)14(18(26)27-3)29-16(13)20-15(24)11-8-19-21(9-11)6-5-12(22)23/h8-9H,4-7H2,1-3H3,(H,20,24)(H,22,23). The molecule has 0 aliphatic rings. The Morgan fingerprint density at radius 1 is 1.28 bits per heavy atom. The molecule has 156 valence electrons. The predicted molar refractivity (Wildman–Crippen MR) is 103 cm³/mol. The zero-order valence-electron chi connectivity index (χ0n) is 16.2. The Labute approximate surface area is 170 Å². The normalized spacial score (nSPS) is 10.4. The van der Waals surface area contributed by atoms with Crippen molar-refractivity contribution in [2.45, 2.75) is 33.2 Å². The first-order chi connectivity index (χ1) is 13.8. The fourth-order valence-corrected chi connectivity index (χ4v) is 3.50. The molecule has 0 aromatic carbocycles. The molecule has 10 nitrogen and oxygen atoms in total. The molecule has 0 radical (unpaired) electrons. The number of aryl methyl sites for hydroxylation is 1. The average Bonchev–Trinajstić information content (AvgIpc) is 3.28. The highest BCUT2D eigenvalue weighted by atomic mass is 32.1. The van der Waals surface area contributed by atoms with Gasteiger partial charge in [-0.05, 0) is 18.9 Å². The quantitative estimate of drug-likeness (QED) is 0.586. The molecule has 0 bridgehead atoms. The summed E-state index contributed by atoms with van der Waals surface area (Å²) in [5, 5.41) is 15.4. The van der Waals surface area contributed by atoms with Crippen LogP contribution in [-0.2, 0) is 20.8 Å². The maximum atomic E-state index is 12.6. The average molecular weight is 423 g/mol. The molecule has 0 aliphatic heterocycles. The SMILES string of the molecule is CCCOC(=O)c1c(NC(=O)c2cnn(CCC(=O)O)c2)sc(C(=O)OC)c1C. The molecule has 1 amide bonds. The molecule has 0 spiro atoms. The number of carbonyl (C=O) groups is 4. The van der Waals surface area contributed by atoms with Crippen molar-refractivity contribution < 1.29 is 33.8 Å². The topological polar surface area (TPSA) is 137 Å². The third-order valence-electron chi connectivity index (χ3n) is 3.84. The number of thiophene rings is 1. The Morgan fingerprint density at radius 2 is 2.00 bits per heavy atom. The molecule has 2 aromatic rings. The van der Waals surface area contributed by atoms with Gasteiger partial charge >= 0.3 is 17.9 Å². The molecule has 2 rings (SSSR count). The van der Waals surface area contributed by atoms with Gasteiger partial charge < -0.3 is 19.9 Å². The number of aliphatic carboxylic acids is 1. The van der Waals surface area contributed by atoms with E-state index >= 15 is 0 Å². The van der Waals surface area contributed by atoms with Crippen LogP contribution in [0.2, 0.25) is 0 Å². The summed E-state index contributed by atoms with van der Waals surface area (Å²) in [6, 6.07) is 0. The first kappa shape index (κ1) is 22.1. The maximum absolute atomic E-state index is 12.6. The van der Waals surface area contributed by atoms with Gasteiger partial charge in [0.25, 0.3) is 5.91 Å². The first-order valence-electron chi connectivity index (χ1n) is 8.72. The van der Waals surface area contributed by atoms with Crippen molar-refractivity contribution in [2.24, 2.45) is 0 Å². The number of aromatic nitrogens is 2. The minimum atomic E-state index is -0.980. The van der Waals surface area contributed by atoms with Gasteiger partial charge in [0.15, 0.2) is 0 Å². The van der Waals surface area contributed by atoms with E-state index in [9.17, 15) is 19.2 Å². The lowest BCUT2D eigenvalue weighted by molar-refractivity contribution is -0.137. The maximum Gasteiger partial charge on any atom is 0.348 e. The fraction of sp³-hybridized carbons (Fsp3) is 0.389. The van der Waals surface area contributed by atoms with E-state index in [1.807, 2.05) is 6.92 Å². The highest BCUT2D eigenvalue weighted by Crippen LogP contribution is 2.34. The van der Waals surface area contributed by atoms with Crippen LogP contribution in [0.1, 0.15) is 55.7 Å². The van der Waals surface area contributed by atoms with E-state index in [0.29, 0.717) is 12.0 Å². The Hall–Kier alpha value is -3.21. The molecule has 2 aromatic heterocycles. The van der Waals surface area contributed by atoms with E-state index in [4.69, 9.17) is 14.6 Å². The van der Waals surface area contributed by atoms with Crippen LogP contribution < -0.4 is 5.32 Å². The Morgan fingerprint density at radius 3 is 2.62 bits per heavy atom. The molecule has 0 atom stereocenters. The number of esters is 2. The molecule has 2 heterocycles. The number of amides is 1. The summed E-state index contributed by atoms with van der Waals surface area (Å²) in [5.41, 5.74) is 0.625. The number of carboxylic acids is 1. The number of nitrogens with one attached hydrogen (secondary N) is 1. The minimum Gasteiger partial charge on any atom is -0.481 e. The van der Waals surface area contributed by atoms with Crippen LogP contribution in [0.4, 0.5) is 5.00 Å². The largest absolute Gasteiger partial charge is 0.481 e. The van der Waals surface area contributed by atoms with Crippen LogP contribution in [0, 0.1) is 6.92 Å². The van der Waals surface area contributed by atoms with Crippen LogP contribution in [0.5, 0.6) is 0 Å². The second-order valence-corrected chi connectivity index (χ2v) is 7.00. The number of anilines is 1. The van der Waals surface area contributed by atoms with Crippen molar-refractivity contribution in [3.63, 3.8) is 0 Å². The van der Waals surface area contributed by atoms with Crippen LogP contribution in [0.15, 0.2) is 12.4 Å². The number of ether oxygens (including phenoxy) is 2. The van der Waals surface area contributed by atoms with Crippen molar-refractivity contribution in [3.8, 4) is 0 Å². The summed E-state index contributed by atoms with van der Waals surface area (Å²) >= 11 is 0.912. The van der Waals surface area contributed by atoms with Crippen molar-refractivity contribution in [1.29, 1.82) is 0 Å². The molecule has 0 unspecified atom stereocenters. The zero-order valence-corrected chi connectivity index (χ0v) is 17.0. The van der Waals surface area contributed by atoms with Crippen LogP contribution in [0.25, 0.3) is 0 Å². The summed E-state index contributed by atoms with van der Waals surface area (Å²) in [6.45, 7) is 3.73. The molecule has 2 N–H and O–H groups in total. The zero-order chi connectivity index (χ0) is 21.6. The predicted octanol–water partition coefficient (Wildman–Crippen LogP) is 2.33. The lowest BCUT2D eigenvalue weighted by Crippen LogP contribution is -2.15. The number of nitrogens with zero attached hydrogens (tertiary/aromatic N) is 2. The summed E-state index contributed by atoms with van der Waals surface area (Å²) in [4.78, 5) is 47.8. The first-order valence-corrected chi connectivity index (χ1v) is 9.54. The Balaban J connectivity index is 2.28. The molecule has 0 aliphatic carbocycles. The fourth-order valence-electron chi connectivity index (χ4n) is 2.39. The number of hydrogen-bond donors (Lipinski definition) is 2. The smallest absolute Gasteiger partial charge is 0.348 e. The van der Waals surface area contributed by atoms with E-state index < -0.39 is 23.8 Å². The molecule has 29 heavy (non-hydrogen) atoms. The second-order valence-electron chi connectivity index (χ2n) is 5.98. The number of methoxy groups -OCH3 is 1. The molecule has 0 saturated heterocycles. The van der Waals surface area contributed by atoms with Gasteiger partial charge in [0.2, 0.25) is 0 Å². The number of hydrogen-bond acceptors (Lipinski definition) is 8. The summed E-state index contributed by atoms with van der Waals surface area (Å²) in [6.07, 6.45) is 3.17. The van der Waals surface area contributed by atoms with E-state index in [1.54, 1.807) is 6.92 Å². The minimum absolute atomic E-state index is 0.0930. The number of rotatable bonds is 9. The van der Waals surface area contributed by atoms with Gasteiger partial charge in [-0.1, -0.05) is 6.92 Å². The summed E-state index contributed by atoms with van der Waals surface area (Å²) in [7, 11) is 1.22. The van der Waals surface area contributed by atoms with Crippen molar-refractivity contribution in [2.75, 3.05) is 19.0 Å². The lowest BCUT2D eigenvalue weighted by atomic mass is 10.1. The molecule has 11 heteroatoms. The van der Waals surface area contributed by atoms with E-state index in [2.05, 4.69) is 10.4 Å². The molecular formula is C18H21N3O7S. The highest BCUT2D eigenvalue weighted by Gasteiger charge is 2.27. The summed E-state index contributed by atoms with van der Waals surface area (Å²) in [5.74, 6) is -2.82. The highest BCUT2D eigenvalue weighted by molar-refractivity contribution is 7.18. The van der Waals surface area contributed by atoms with Gasteiger partial charge in [-0.3, -0.25) is 14.3 Å². The van der Waals surface area contributed by atoms with E-state index in [0.717, 1.165) is 11.3 Å². The van der Waals surface area contributed by atoms with E-state index in [1.165, 1.54) is 24.2 Å². The molecular weight excluding hydrogens is 402 g/mol. The van der Waals surface area contributed by atoms with Crippen LogP contribution >= 0.6 is 11.3 Å². The van der Waals surface area contributed by atoms with Crippen molar-refractivity contribution >= 4 is 40.2 Å². The second kappa shape index (κ2) is 9.82. The van der Waals surface area contributed by atoms with Gasteiger partial charge in [-0.15, -0.1) is 11.3 Å². The monoisotopic (exact) mass is 423 g/mol. The van der Waals surface area contributed by atoms with Crippen LogP contribution in [-0.4, -0.2) is 52.4 Å². The van der Waals surface area contributed by atoms with Gasteiger partial charge in [0, 0.05) is 6.20 Å².